The Kier molecular flexibility index (Phi) is 3.33. The Morgan fingerprint density at radius 3 is 2.73 bits per heavy atom. The summed E-state index contributed by atoms with van der Waals surface area (Å²) in [6.45, 7) is 5.97. The van der Waals surface area contributed by atoms with Crippen LogP contribution in [0.1, 0.15) is 26.3 Å². The Morgan fingerprint density at radius 1 is 1.32 bits per heavy atom. The molecule has 0 saturated carbocycles. The van der Waals surface area contributed by atoms with Gasteiger partial charge in [-0.2, -0.15) is 0 Å². The van der Waals surface area contributed by atoms with Crippen molar-refractivity contribution in [3.63, 3.8) is 0 Å². The number of hydrogen-bond acceptors (Lipinski definition) is 4. The summed E-state index contributed by atoms with van der Waals surface area (Å²) >= 11 is 0. The van der Waals surface area contributed by atoms with Crippen LogP contribution in [0.4, 0.5) is 4.79 Å². The molecule has 1 amide bonds. The number of aromatic nitrogens is 1. The van der Waals surface area contributed by atoms with Gasteiger partial charge in [0.15, 0.2) is 0 Å². The molecule has 1 aromatic heterocycles. The molecular formula is C17H20N2O3. The molecule has 3 rings (SSSR count). The standard InChI is InChI=1S/C17H20N2O3/c1-16(2,3)22-15(20)19-10-17(21,11-19)13-6-7-14-12(9-13)5-4-8-18-14/h4-9,21H,10-11H2,1-3H3. The van der Waals surface area contributed by atoms with E-state index >= 15 is 0 Å². The fraction of sp³-hybridized carbons (Fsp3) is 0.412. The number of rotatable bonds is 1. The van der Waals surface area contributed by atoms with Crippen LogP contribution in [0.15, 0.2) is 36.5 Å². The second-order valence-corrected chi connectivity index (χ2v) is 6.78. The minimum atomic E-state index is -1.01. The number of pyridine rings is 1. The number of carbonyl (C=O) groups is 1. The van der Waals surface area contributed by atoms with E-state index in [0.29, 0.717) is 0 Å². The van der Waals surface area contributed by atoms with Crippen LogP contribution >= 0.6 is 0 Å². The molecule has 1 N–H and O–H groups in total. The zero-order chi connectivity index (χ0) is 16.0. The number of aliphatic hydroxyl groups is 1. The van der Waals surface area contributed by atoms with Crippen LogP contribution in [0.3, 0.4) is 0 Å². The summed E-state index contributed by atoms with van der Waals surface area (Å²) in [7, 11) is 0. The molecule has 0 spiro atoms. The van der Waals surface area contributed by atoms with E-state index in [1.54, 1.807) is 6.20 Å². The Balaban J connectivity index is 1.74. The molecular weight excluding hydrogens is 280 g/mol. The zero-order valence-electron chi connectivity index (χ0n) is 13.0. The van der Waals surface area contributed by atoms with Crippen LogP contribution in [0, 0.1) is 0 Å². The van der Waals surface area contributed by atoms with Crippen molar-refractivity contribution in [3.05, 3.63) is 42.1 Å². The van der Waals surface area contributed by atoms with E-state index < -0.39 is 11.2 Å². The number of amides is 1. The van der Waals surface area contributed by atoms with Crippen molar-refractivity contribution in [2.24, 2.45) is 0 Å². The first kappa shape index (κ1) is 14.8. The normalized spacial score (nSPS) is 17.2. The highest BCUT2D eigenvalue weighted by atomic mass is 16.6. The lowest BCUT2D eigenvalue weighted by Gasteiger charge is -2.46. The van der Waals surface area contributed by atoms with E-state index in [9.17, 15) is 9.90 Å². The third-order valence-corrected chi connectivity index (χ3v) is 3.70. The third kappa shape index (κ3) is 2.76. The minimum Gasteiger partial charge on any atom is -0.444 e. The SMILES string of the molecule is CC(C)(C)OC(=O)N1CC(O)(c2ccc3ncccc3c2)C1. The summed E-state index contributed by atoms with van der Waals surface area (Å²) in [6, 6.07) is 9.50. The average Bonchev–Trinajstić information content (AvgIpc) is 2.41. The molecule has 1 aromatic carbocycles. The largest absolute Gasteiger partial charge is 0.444 e. The minimum absolute atomic E-state index is 0.244. The quantitative estimate of drug-likeness (QED) is 0.879. The molecule has 116 valence electrons. The molecule has 1 fully saturated rings. The molecule has 5 heteroatoms. The number of carbonyl (C=O) groups excluding carboxylic acids is 1. The first-order chi connectivity index (χ1) is 10.3. The van der Waals surface area contributed by atoms with Crippen molar-refractivity contribution < 1.29 is 14.6 Å². The molecule has 0 radical (unpaired) electrons. The highest BCUT2D eigenvalue weighted by molar-refractivity contribution is 5.79. The lowest BCUT2D eigenvalue weighted by Crippen LogP contribution is -2.61. The number of nitrogens with zero attached hydrogens (tertiary/aromatic N) is 2. The summed E-state index contributed by atoms with van der Waals surface area (Å²) in [5.41, 5.74) is 0.145. The van der Waals surface area contributed by atoms with Gasteiger partial charge in [-0.3, -0.25) is 4.98 Å². The summed E-state index contributed by atoms with van der Waals surface area (Å²) in [6.07, 6.45) is 1.35. The number of fused-ring (bicyclic) bond motifs is 1. The Morgan fingerprint density at radius 2 is 2.05 bits per heavy atom. The summed E-state index contributed by atoms with van der Waals surface area (Å²) in [5.74, 6) is 0. The fourth-order valence-electron chi connectivity index (χ4n) is 2.59. The summed E-state index contributed by atoms with van der Waals surface area (Å²) < 4.78 is 5.31. The number of benzene rings is 1. The van der Waals surface area contributed by atoms with Gasteiger partial charge in [0.1, 0.15) is 11.2 Å². The zero-order valence-corrected chi connectivity index (χ0v) is 13.0. The molecule has 2 aromatic rings. The molecule has 1 aliphatic rings. The van der Waals surface area contributed by atoms with Gasteiger partial charge in [0.2, 0.25) is 0 Å². The van der Waals surface area contributed by atoms with Gasteiger partial charge in [-0.05, 0) is 44.5 Å². The molecule has 0 aliphatic carbocycles. The Labute approximate surface area is 129 Å². The van der Waals surface area contributed by atoms with Crippen LogP contribution in [-0.2, 0) is 10.3 Å². The van der Waals surface area contributed by atoms with Gasteiger partial charge in [0.05, 0.1) is 18.6 Å². The molecule has 0 unspecified atom stereocenters. The van der Waals surface area contributed by atoms with Crippen molar-refractivity contribution in [1.82, 2.24) is 9.88 Å². The van der Waals surface area contributed by atoms with Crippen LogP contribution in [0.25, 0.3) is 10.9 Å². The number of likely N-dealkylation sites (tertiary alicyclic amines) is 1. The van der Waals surface area contributed by atoms with E-state index in [1.165, 1.54) is 4.90 Å². The number of β-amino-alcohol motifs (C(OH)–C–C–N with tert-alkyl or cyclic N) is 1. The molecule has 5 nitrogen and oxygen atoms in total. The third-order valence-electron chi connectivity index (χ3n) is 3.70. The van der Waals surface area contributed by atoms with Crippen LogP contribution in [-0.4, -0.2) is 39.8 Å². The van der Waals surface area contributed by atoms with Gasteiger partial charge < -0.3 is 14.7 Å². The Bertz CT molecular complexity index is 715. The van der Waals surface area contributed by atoms with Gasteiger partial charge in [0.25, 0.3) is 0 Å². The molecule has 1 aliphatic heterocycles. The number of hydrogen-bond donors (Lipinski definition) is 1. The van der Waals surface area contributed by atoms with Crippen LogP contribution in [0.5, 0.6) is 0 Å². The highest BCUT2D eigenvalue weighted by Crippen LogP contribution is 2.34. The van der Waals surface area contributed by atoms with E-state index in [1.807, 2.05) is 51.1 Å². The van der Waals surface area contributed by atoms with Crippen LogP contribution < -0.4 is 0 Å². The highest BCUT2D eigenvalue weighted by Gasteiger charge is 2.46. The van der Waals surface area contributed by atoms with Gasteiger partial charge in [0, 0.05) is 11.6 Å². The fourth-order valence-corrected chi connectivity index (χ4v) is 2.59. The lowest BCUT2D eigenvalue weighted by molar-refractivity contribution is -0.103. The van der Waals surface area contributed by atoms with Crippen molar-refractivity contribution in [2.75, 3.05) is 13.1 Å². The van der Waals surface area contributed by atoms with Gasteiger partial charge in [-0.25, -0.2) is 4.79 Å². The first-order valence-electron chi connectivity index (χ1n) is 7.32. The monoisotopic (exact) mass is 300 g/mol. The van der Waals surface area contributed by atoms with E-state index in [-0.39, 0.29) is 19.2 Å². The summed E-state index contributed by atoms with van der Waals surface area (Å²) in [5, 5.41) is 11.7. The van der Waals surface area contributed by atoms with E-state index in [2.05, 4.69) is 4.98 Å². The topological polar surface area (TPSA) is 62.7 Å². The molecule has 1 saturated heterocycles. The predicted octanol–water partition coefficient (Wildman–Crippen LogP) is 2.67. The van der Waals surface area contributed by atoms with Crippen molar-refractivity contribution in [1.29, 1.82) is 0 Å². The lowest BCUT2D eigenvalue weighted by atomic mass is 9.86. The molecule has 2 heterocycles. The van der Waals surface area contributed by atoms with E-state index in [4.69, 9.17) is 4.74 Å². The van der Waals surface area contributed by atoms with E-state index in [0.717, 1.165) is 16.5 Å². The average molecular weight is 300 g/mol. The maximum absolute atomic E-state index is 12.0. The maximum atomic E-state index is 12.0. The Hall–Kier alpha value is -2.14. The van der Waals surface area contributed by atoms with Crippen molar-refractivity contribution in [2.45, 2.75) is 32.0 Å². The van der Waals surface area contributed by atoms with Crippen LogP contribution in [0.2, 0.25) is 0 Å². The summed E-state index contributed by atoms with van der Waals surface area (Å²) in [4.78, 5) is 17.7. The smallest absolute Gasteiger partial charge is 0.410 e. The van der Waals surface area contributed by atoms with Crippen molar-refractivity contribution in [3.8, 4) is 0 Å². The predicted molar refractivity (Wildman–Crippen MR) is 83.4 cm³/mol. The first-order valence-corrected chi connectivity index (χ1v) is 7.32. The van der Waals surface area contributed by atoms with Gasteiger partial charge in [-0.1, -0.05) is 12.1 Å². The maximum Gasteiger partial charge on any atom is 0.410 e. The second-order valence-electron chi connectivity index (χ2n) is 6.78. The second kappa shape index (κ2) is 4.95. The van der Waals surface area contributed by atoms with Crippen molar-refractivity contribution >= 4 is 17.0 Å². The molecule has 0 bridgehead atoms. The molecule has 22 heavy (non-hydrogen) atoms. The number of ether oxygens (including phenoxy) is 1. The molecule has 0 atom stereocenters. The van der Waals surface area contributed by atoms with Gasteiger partial charge >= 0.3 is 6.09 Å². The van der Waals surface area contributed by atoms with Gasteiger partial charge in [-0.15, -0.1) is 0 Å².